The summed E-state index contributed by atoms with van der Waals surface area (Å²) in [5.74, 6) is -1.00. The fraction of sp³-hybridized carbons (Fsp3) is 0.368. The molecule has 1 amide bonds. The first-order valence-electron chi connectivity index (χ1n) is 8.79. The van der Waals surface area contributed by atoms with Gasteiger partial charge in [0, 0.05) is 10.9 Å². The number of esters is 1. The smallest absolute Gasteiger partial charge is 0.341 e. The van der Waals surface area contributed by atoms with E-state index < -0.39 is 27.6 Å². The Morgan fingerprint density at radius 1 is 1.25 bits per heavy atom. The van der Waals surface area contributed by atoms with Crippen LogP contribution in [0.5, 0.6) is 5.75 Å². The van der Waals surface area contributed by atoms with Crippen molar-refractivity contribution in [3.05, 3.63) is 35.2 Å². The highest BCUT2D eigenvalue weighted by molar-refractivity contribution is 7.91. The Hall–Kier alpha value is -2.39. The molecule has 1 N–H and O–H groups in total. The molecule has 28 heavy (non-hydrogen) atoms. The molecule has 1 aromatic carbocycles. The van der Waals surface area contributed by atoms with Crippen molar-refractivity contribution in [2.75, 3.05) is 30.5 Å². The van der Waals surface area contributed by atoms with Crippen molar-refractivity contribution < 1.29 is 27.5 Å². The first-order chi connectivity index (χ1) is 13.3. The van der Waals surface area contributed by atoms with E-state index in [1.165, 1.54) is 11.3 Å². The van der Waals surface area contributed by atoms with Crippen LogP contribution in [0.15, 0.2) is 29.6 Å². The van der Waals surface area contributed by atoms with Gasteiger partial charge in [0.25, 0.3) is 0 Å². The minimum atomic E-state index is -3.17. The fourth-order valence-electron chi connectivity index (χ4n) is 3.05. The molecule has 0 bridgehead atoms. The van der Waals surface area contributed by atoms with Crippen molar-refractivity contribution in [3.8, 4) is 16.9 Å². The maximum absolute atomic E-state index is 12.6. The molecule has 150 valence electrons. The molecule has 0 saturated carbocycles. The van der Waals surface area contributed by atoms with Crippen LogP contribution in [0.3, 0.4) is 0 Å². The van der Waals surface area contributed by atoms with E-state index in [-0.39, 0.29) is 23.7 Å². The topological polar surface area (TPSA) is 98.8 Å². The van der Waals surface area contributed by atoms with Crippen LogP contribution in [0.1, 0.15) is 23.7 Å². The number of ether oxygens (including phenoxy) is 2. The monoisotopic (exact) mass is 423 g/mol. The van der Waals surface area contributed by atoms with E-state index in [9.17, 15) is 18.0 Å². The number of rotatable bonds is 6. The lowest BCUT2D eigenvalue weighted by Crippen LogP contribution is -2.24. The second kappa shape index (κ2) is 8.32. The first kappa shape index (κ1) is 20.3. The van der Waals surface area contributed by atoms with Crippen molar-refractivity contribution in [1.82, 2.24) is 0 Å². The summed E-state index contributed by atoms with van der Waals surface area (Å²) in [7, 11) is -1.60. The second-order valence-corrected chi connectivity index (χ2v) is 9.50. The molecule has 9 heteroatoms. The van der Waals surface area contributed by atoms with Gasteiger partial charge in [-0.2, -0.15) is 0 Å². The number of carbonyl (C=O) groups excluding carboxylic acids is 2. The molecule has 2 heterocycles. The molecular formula is C19H21NO6S2. The van der Waals surface area contributed by atoms with Gasteiger partial charge in [0.05, 0.1) is 31.1 Å². The Morgan fingerprint density at radius 3 is 2.54 bits per heavy atom. The van der Waals surface area contributed by atoms with Gasteiger partial charge in [0.1, 0.15) is 16.3 Å². The minimum absolute atomic E-state index is 0.0113. The molecular weight excluding hydrogens is 402 g/mol. The van der Waals surface area contributed by atoms with Gasteiger partial charge in [-0.15, -0.1) is 11.3 Å². The van der Waals surface area contributed by atoms with Crippen LogP contribution in [-0.4, -0.2) is 45.5 Å². The molecule has 1 aliphatic heterocycles. The summed E-state index contributed by atoms with van der Waals surface area (Å²) in [5.41, 5.74) is 1.69. The third-order valence-electron chi connectivity index (χ3n) is 4.51. The number of sulfone groups is 1. The zero-order valence-electron chi connectivity index (χ0n) is 15.6. The van der Waals surface area contributed by atoms with Gasteiger partial charge in [-0.3, -0.25) is 4.79 Å². The van der Waals surface area contributed by atoms with E-state index in [0.717, 1.165) is 5.56 Å². The highest BCUT2D eigenvalue weighted by Crippen LogP contribution is 2.37. The lowest BCUT2D eigenvalue weighted by Gasteiger charge is -2.11. The Morgan fingerprint density at radius 2 is 1.96 bits per heavy atom. The zero-order chi connectivity index (χ0) is 20.3. The molecule has 0 spiro atoms. The SMILES string of the molecule is CCOC(=O)c1c(-c2ccc(OC)cc2)csc1NC(=O)[C@@H]1CCS(=O)(=O)C1. The van der Waals surface area contributed by atoms with Gasteiger partial charge >= 0.3 is 5.97 Å². The van der Waals surface area contributed by atoms with Crippen LogP contribution in [0.4, 0.5) is 5.00 Å². The van der Waals surface area contributed by atoms with E-state index >= 15 is 0 Å². The summed E-state index contributed by atoms with van der Waals surface area (Å²) < 4.78 is 33.6. The summed E-state index contributed by atoms with van der Waals surface area (Å²) in [4.78, 5) is 25.1. The zero-order valence-corrected chi connectivity index (χ0v) is 17.2. The first-order valence-corrected chi connectivity index (χ1v) is 11.5. The highest BCUT2D eigenvalue weighted by atomic mass is 32.2. The maximum atomic E-state index is 12.6. The summed E-state index contributed by atoms with van der Waals surface area (Å²) >= 11 is 1.21. The summed E-state index contributed by atoms with van der Waals surface area (Å²) in [6, 6.07) is 7.20. The van der Waals surface area contributed by atoms with E-state index in [1.807, 2.05) is 12.1 Å². The molecule has 1 atom stereocenters. The Bertz CT molecular complexity index is 978. The van der Waals surface area contributed by atoms with Crippen LogP contribution < -0.4 is 10.1 Å². The van der Waals surface area contributed by atoms with E-state index in [1.54, 1.807) is 31.5 Å². The van der Waals surface area contributed by atoms with Crippen molar-refractivity contribution in [1.29, 1.82) is 0 Å². The molecule has 1 saturated heterocycles. The van der Waals surface area contributed by atoms with E-state index in [4.69, 9.17) is 9.47 Å². The lowest BCUT2D eigenvalue weighted by atomic mass is 10.0. The average Bonchev–Trinajstić information content (AvgIpc) is 3.25. The molecule has 0 unspecified atom stereocenters. The summed E-state index contributed by atoms with van der Waals surface area (Å²) in [5, 5.41) is 4.86. The summed E-state index contributed by atoms with van der Waals surface area (Å²) in [6.07, 6.45) is 0.291. The highest BCUT2D eigenvalue weighted by Gasteiger charge is 2.34. The van der Waals surface area contributed by atoms with Crippen molar-refractivity contribution in [2.24, 2.45) is 5.92 Å². The molecule has 0 radical (unpaired) electrons. The largest absolute Gasteiger partial charge is 0.497 e. The number of carbonyl (C=O) groups is 2. The Labute approximate surface area is 167 Å². The van der Waals surface area contributed by atoms with Crippen LogP contribution in [0, 0.1) is 5.92 Å². The van der Waals surface area contributed by atoms with Gasteiger partial charge in [-0.25, -0.2) is 13.2 Å². The van der Waals surface area contributed by atoms with Crippen LogP contribution >= 0.6 is 11.3 Å². The fourth-order valence-corrected chi connectivity index (χ4v) is 5.76. The number of hydrogen-bond acceptors (Lipinski definition) is 7. The number of amides is 1. The van der Waals surface area contributed by atoms with E-state index in [2.05, 4.69) is 5.32 Å². The third kappa shape index (κ3) is 4.36. The number of hydrogen-bond donors (Lipinski definition) is 1. The number of nitrogens with one attached hydrogen (secondary N) is 1. The predicted octanol–water partition coefficient (Wildman–Crippen LogP) is 2.97. The van der Waals surface area contributed by atoms with Crippen molar-refractivity contribution >= 4 is 38.1 Å². The van der Waals surface area contributed by atoms with Gasteiger partial charge < -0.3 is 14.8 Å². The van der Waals surface area contributed by atoms with Gasteiger partial charge in [-0.05, 0) is 31.0 Å². The third-order valence-corrected chi connectivity index (χ3v) is 7.17. The number of thiophene rings is 1. The minimum Gasteiger partial charge on any atom is -0.497 e. The van der Waals surface area contributed by atoms with Crippen LogP contribution in [-0.2, 0) is 19.4 Å². The van der Waals surface area contributed by atoms with Crippen molar-refractivity contribution in [2.45, 2.75) is 13.3 Å². The molecule has 1 aliphatic rings. The maximum Gasteiger partial charge on any atom is 0.341 e. The average molecular weight is 424 g/mol. The Kier molecular flexibility index (Phi) is 6.04. The molecule has 2 aromatic rings. The standard InChI is InChI=1S/C19H21NO6S2/c1-3-26-19(22)16-15(12-4-6-14(25-2)7-5-12)10-27-18(16)20-17(21)13-8-9-28(23,24)11-13/h4-7,10,13H,3,8-9,11H2,1-2H3,(H,20,21)/t13-/m1/s1. The van der Waals surface area contributed by atoms with Gasteiger partial charge in [0.2, 0.25) is 5.91 Å². The molecule has 3 rings (SSSR count). The lowest BCUT2D eigenvalue weighted by molar-refractivity contribution is -0.119. The second-order valence-electron chi connectivity index (χ2n) is 6.39. The Balaban J connectivity index is 1.91. The molecule has 0 aliphatic carbocycles. The normalized spacial score (nSPS) is 17.9. The summed E-state index contributed by atoms with van der Waals surface area (Å²) in [6.45, 7) is 1.91. The van der Waals surface area contributed by atoms with E-state index in [0.29, 0.717) is 22.7 Å². The molecule has 7 nitrogen and oxygen atoms in total. The quantitative estimate of drug-likeness (QED) is 0.717. The number of anilines is 1. The van der Waals surface area contributed by atoms with Crippen LogP contribution in [0.2, 0.25) is 0 Å². The van der Waals surface area contributed by atoms with Crippen molar-refractivity contribution in [3.63, 3.8) is 0 Å². The molecule has 1 fully saturated rings. The molecule has 1 aromatic heterocycles. The number of methoxy groups -OCH3 is 1. The van der Waals surface area contributed by atoms with Crippen LogP contribution in [0.25, 0.3) is 11.1 Å². The predicted molar refractivity (Wildman–Crippen MR) is 108 cm³/mol. The van der Waals surface area contributed by atoms with Gasteiger partial charge in [-0.1, -0.05) is 12.1 Å². The number of benzene rings is 1. The van der Waals surface area contributed by atoms with Gasteiger partial charge in [0.15, 0.2) is 9.84 Å².